The Kier molecular flexibility index (Phi) is 7.42. The minimum atomic E-state index is -1.83. The van der Waals surface area contributed by atoms with Crippen molar-refractivity contribution >= 4 is 14.3 Å². The van der Waals surface area contributed by atoms with Crippen molar-refractivity contribution in [1.82, 2.24) is 0 Å². The summed E-state index contributed by atoms with van der Waals surface area (Å²) in [6, 6.07) is 4.16. The van der Waals surface area contributed by atoms with E-state index in [0.717, 1.165) is 0 Å². The second-order valence-electron chi connectivity index (χ2n) is 7.19. The van der Waals surface area contributed by atoms with E-state index in [4.69, 9.17) is 13.9 Å². The highest BCUT2D eigenvalue weighted by molar-refractivity contribution is 6.74. The van der Waals surface area contributed by atoms with Gasteiger partial charge in [-0.3, -0.25) is 4.79 Å². The van der Waals surface area contributed by atoms with Crippen molar-refractivity contribution in [3.63, 3.8) is 0 Å². The zero-order valence-electron chi connectivity index (χ0n) is 15.6. The lowest BCUT2D eigenvalue weighted by Gasteiger charge is -2.36. The van der Waals surface area contributed by atoms with E-state index in [1.807, 2.05) is 0 Å². The number of hydrogen-bond acceptors (Lipinski definition) is 4. The molecule has 0 spiro atoms. The summed E-state index contributed by atoms with van der Waals surface area (Å²) in [5.41, 5.74) is 0.613. The van der Waals surface area contributed by atoms with Crippen molar-refractivity contribution in [3.8, 4) is 5.75 Å². The van der Waals surface area contributed by atoms with Crippen LogP contribution in [0, 0.1) is 5.82 Å². The lowest BCUT2D eigenvalue weighted by Crippen LogP contribution is -2.41. The predicted octanol–water partition coefficient (Wildman–Crippen LogP) is 4.33. The molecule has 1 aromatic rings. The monoisotopic (exact) mass is 356 g/mol. The highest BCUT2D eigenvalue weighted by Gasteiger charge is 2.36. The molecule has 0 bridgehead atoms. The number of esters is 1. The maximum absolute atomic E-state index is 13.5. The number of hydrogen-bond donors (Lipinski definition) is 0. The maximum Gasteiger partial charge on any atom is 0.310 e. The van der Waals surface area contributed by atoms with Crippen molar-refractivity contribution in [2.45, 2.75) is 52.2 Å². The van der Waals surface area contributed by atoms with Crippen LogP contribution in [-0.2, 0) is 20.4 Å². The third kappa shape index (κ3) is 6.24. The normalized spacial score (nSPS) is 12.1. The summed E-state index contributed by atoms with van der Waals surface area (Å²) < 4.78 is 30.1. The topological polar surface area (TPSA) is 44.8 Å². The third-order valence-electron chi connectivity index (χ3n) is 4.28. The number of benzene rings is 1. The van der Waals surface area contributed by atoms with E-state index in [2.05, 4.69) is 33.9 Å². The van der Waals surface area contributed by atoms with Crippen molar-refractivity contribution in [1.29, 1.82) is 0 Å². The number of carbonyl (C=O) groups excluding carboxylic acids is 1. The van der Waals surface area contributed by atoms with Crippen LogP contribution in [-0.4, -0.2) is 34.1 Å². The molecule has 24 heavy (non-hydrogen) atoms. The second kappa shape index (κ2) is 8.62. The lowest BCUT2D eigenvalue weighted by atomic mass is 10.1. The number of carbonyl (C=O) groups is 1. The summed E-state index contributed by atoms with van der Waals surface area (Å²) in [7, 11) is -1.83. The molecule has 0 saturated heterocycles. The van der Waals surface area contributed by atoms with Gasteiger partial charge in [-0.2, -0.15) is 0 Å². The molecule has 0 radical (unpaired) electrons. The summed E-state index contributed by atoms with van der Waals surface area (Å²) in [6.45, 7) is 13.7. The Bertz CT molecular complexity index is 552. The van der Waals surface area contributed by atoms with Gasteiger partial charge in [0.05, 0.1) is 19.6 Å². The molecule has 0 aromatic heterocycles. The van der Waals surface area contributed by atoms with Crippen molar-refractivity contribution in [2.24, 2.45) is 0 Å². The largest absolute Gasteiger partial charge is 0.491 e. The molecular weight excluding hydrogens is 327 g/mol. The standard InChI is InChI=1S/C18H29FO4Si/c1-7-21-17(20)12-14-8-9-15(19)13-16(14)22-10-11-23-24(5,6)18(2,3)4/h8-9,13H,7,10-12H2,1-6H3. The van der Waals surface area contributed by atoms with E-state index < -0.39 is 14.1 Å². The van der Waals surface area contributed by atoms with E-state index in [9.17, 15) is 9.18 Å². The van der Waals surface area contributed by atoms with Crippen LogP contribution < -0.4 is 4.74 Å². The zero-order chi connectivity index (χ0) is 18.4. The van der Waals surface area contributed by atoms with Gasteiger partial charge in [0.2, 0.25) is 0 Å². The minimum absolute atomic E-state index is 0.0620. The van der Waals surface area contributed by atoms with Gasteiger partial charge in [-0.25, -0.2) is 4.39 Å². The predicted molar refractivity (Wildman–Crippen MR) is 95.4 cm³/mol. The molecule has 0 N–H and O–H groups in total. The van der Waals surface area contributed by atoms with Crippen LogP contribution >= 0.6 is 0 Å². The van der Waals surface area contributed by atoms with Crippen molar-refractivity contribution < 1.29 is 23.1 Å². The molecule has 4 nitrogen and oxygen atoms in total. The molecule has 0 aliphatic heterocycles. The molecule has 0 atom stereocenters. The molecule has 1 rings (SSSR count). The smallest absolute Gasteiger partial charge is 0.310 e. The zero-order valence-corrected chi connectivity index (χ0v) is 16.6. The van der Waals surface area contributed by atoms with E-state index >= 15 is 0 Å². The minimum Gasteiger partial charge on any atom is -0.491 e. The molecule has 1 aromatic carbocycles. The van der Waals surface area contributed by atoms with Crippen molar-refractivity contribution in [3.05, 3.63) is 29.6 Å². The first-order chi connectivity index (χ1) is 11.1. The lowest BCUT2D eigenvalue weighted by molar-refractivity contribution is -0.142. The molecule has 0 amide bonds. The highest BCUT2D eigenvalue weighted by Crippen LogP contribution is 2.36. The molecular formula is C18H29FO4Si. The van der Waals surface area contributed by atoms with Crippen LogP contribution in [0.15, 0.2) is 18.2 Å². The average Bonchev–Trinajstić information content (AvgIpc) is 2.45. The summed E-state index contributed by atoms with van der Waals surface area (Å²) in [5.74, 6) is -0.392. The fraction of sp³-hybridized carbons (Fsp3) is 0.611. The van der Waals surface area contributed by atoms with Crippen LogP contribution in [0.5, 0.6) is 5.75 Å². The van der Waals surface area contributed by atoms with E-state index in [1.54, 1.807) is 13.0 Å². The molecule has 0 unspecified atom stereocenters. The van der Waals surface area contributed by atoms with Crippen LogP contribution in [0.2, 0.25) is 18.1 Å². The first kappa shape index (κ1) is 20.6. The van der Waals surface area contributed by atoms with Gasteiger partial charge in [0.25, 0.3) is 0 Å². The van der Waals surface area contributed by atoms with Gasteiger partial charge in [-0.1, -0.05) is 26.8 Å². The SMILES string of the molecule is CCOC(=O)Cc1ccc(F)cc1OCCO[Si](C)(C)C(C)(C)C. The van der Waals surface area contributed by atoms with Gasteiger partial charge in [0.1, 0.15) is 18.2 Å². The summed E-state index contributed by atoms with van der Waals surface area (Å²) in [5, 5.41) is 0.126. The fourth-order valence-corrected chi connectivity index (χ4v) is 2.87. The van der Waals surface area contributed by atoms with Gasteiger partial charge in [0.15, 0.2) is 8.32 Å². The van der Waals surface area contributed by atoms with E-state index in [1.165, 1.54) is 12.1 Å². The van der Waals surface area contributed by atoms with Gasteiger partial charge < -0.3 is 13.9 Å². The Morgan fingerprint density at radius 3 is 2.46 bits per heavy atom. The first-order valence-corrected chi connectivity index (χ1v) is 11.2. The summed E-state index contributed by atoms with van der Waals surface area (Å²) in [6.07, 6.45) is 0.0620. The van der Waals surface area contributed by atoms with Crippen LogP contribution in [0.25, 0.3) is 0 Å². The van der Waals surface area contributed by atoms with Crippen LogP contribution in [0.3, 0.4) is 0 Å². The Balaban J connectivity index is 2.64. The van der Waals surface area contributed by atoms with Crippen LogP contribution in [0.4, 0.5) is 4.39 Å². The van der Waals surface area contributed by atoms with Crippen molar-refractivity contribution in [2.75, 3.05) is 19.8 Å². The Morgan fingerprint density at radius 1 is 1.21 bits per heavy atom. The van der Waals surface area contributed by atoms with Gasteiger partial charge in [0, 0.05) is 11.6 Å². The molecule has 0 heterocycles. The Labute approximate surface area is 145 Å². The highest BCUT2D eigenvalue weighted by atomic mass is 28.4. The summed E-state index contributed by atoms with van der Waals surface area (Å²) in [4.78, 5) is 11.6. The van der Waals surface area contributed by atoms with Gasteiger partial charge in [-0.05, 0) is 31.1 Å². The van der Waals surface area contributed by atoms with E-state index in [-0.39, 0.29) is 17.4 Å². The molecule has 136 valence electrons. The second-order valence-corrected chi connectivity index (χ2v) is 12.0. The molecule has 0 aliphatic carbocycles. The molecule has 0 fully saturated rings. The third-order valence-corrected chi connectivity index (χ3v) is 8.82. The number of halogens is 1. The van der Waals surface area contributed by atoms with Gasteiger partial charge in [-0.15, -0.1) is 0 Å². The molecule has 0 aliphatic rings. The average molecular weight is 357 g/mol. The maximum atomic E-state index is 13.5. The number of ether oxygens (including phenoxy) is 2. The van der Waals surface area contributed by atoms with E-state index in [0.29, 0.717) is 31.1 Å². The molecule has 6 heteroatoms. The Morgan fingerprint density at radius 2 is 1.88 bits per heavy atom. The Hall–Kier alpha value is -1.40. The quantitative estimate of drug-likeness (QED) is 0.395. The summed E-state index contributed by atoms with van der Waals surface area (Å²) >= 11 is 0. The van der Waals surface area contributed by atoms with Crippen LogP contribution in [0.1, 0.15) is 33.3 Å². The fourth-order valence-electron chi connectivity index (χ4n) is 1.84. The number of rotatable bonds is 8. The van der Waals surface area contributed by atoms with Gasteiger partial charge >= 0.3 is 5.97 Å². The molecule has 0 saturated carbocycles. The first-order valence-electron chi connectivity index (χ1n) is 8.27.